The number of carbonyl (C=O) groups is 3. The van der Waals surface area contributed by atoms with E-state index in [9.17, 15) is 14.4 Å². The molecule has 0 radical (unpaired) electrons. The van der Waals surface area contributed by atoms with Crippen LogP contribution in [0.2, 0.25) is 0 Å². The largest absolute Gasteiger partial charge is 0.493 e. The third-order valence-corrected chi connectivity index (χ3v) is 16.4. The van der Waals surface area contributed by atoms with Crippen molar-refractivity contribution in [2.75, 3.05) is 74.8 Å². The first-order chi connectivity index (χ1) is 34.9. The molecule has 1 unspecified atom stereocenters. The Labute approximate surface area is 430 Å². The van der Waals surface area contributed by atoms with Crippen LogP contribution in [-0.4, -0.2) is 101 Å². The van der Waals surface area contributed by atoms with Gasteiger partial charge in [-0.05, 0) is 135 Å². The number of para-hydroxylation sites is 2. The first-order valence-corrected chi connectivity index (χ1v) is 27.3. The Kier molecular flexibility index (Phi) is 16.3. The van der Waals surface area contributed by atoms with Gasteiger partial charge in [0.25, 0.3) is 11.8 Å². The second kappa shape index (κ2) is 22.9. The minimum Gasteiger partial charge on any atom is -0.493 e. The number of fused-ring (bicyclic) bond motifs is 8. The third-order valence-electron chi connectivity index (χ3n) is 13.7. The number of amides is 3. The Morgan fingerprint density at radius 2 is 1.42 bits per heavy atom. The maximum Gasteiger partial charge on any atom is 0.261 e. The predicted octanol–water partition coefficient (Wildman–Crippen LogP) is 10.5. The minimum absolute atomic E-state index is 0.0258. The molecule has 72 heavy (non-hydrogen) atoms. The predicted molar refractivity (Wildman–Crippen MR) is 288 cm³/mol. The molecule has 0 fully saturated rings. The van der Waals surface area contributed by atoms with Gasteiger partial charge in [-0.3, -0.25) is 24.3 Å². The van der Waals surface area contributed by atoms with Gasteiger partial charge in [0.1, 0.15) is 19.0 Å². The van der Waals surface area contributed by atoms with Gasteiger partial charge in [-0.2, -0.15) is 0 Å². The van der Waals surface area contributed by atoms with Crippen molar-refractivity contribution < 1.29 is 42.8 Å². The molecule has 0 saturated heterocycles. The molecule has 4 aliphatic heterocycles. The molecule has 0 bridgehead atoms. The monoisotopic (exact) mass is 1010 g/mol. The lowest BCUT2D eigenvalue weighted by atomic mass is 9.98. The van der Waals surface area contributed by atoms with Crippen LogP contribution in [0.5, 0.6) is 17.2 Å². The molecule has 5 aromatic rings. The second-order valence-corrected chi connectivity index (χ2v) is 22.3. The van der Waals surface area contributed by atoms with Gasteiger partial charge in [0.05, 0.1) is 57.4 Å². The van der Waals surface area contributed by atoms with E-state index in [0.29, 0.717) is 98.6 Å². The lowest BCUT2D eigenvalue weighted by Gasteiger charge is -2.27. The van der Waals surface area contributed by atoms with E-state index < -0.39 is 0 Å². The van der Waals surface area contributed by atoms with Crippen molar-refractivity contribution in [1.82, 2.24) is 0 Å². The van der Waals surface area contributed by atoms with Crippen LogP contribution in [-0.2, 0) is 51.5 Å². The molecule has 0 N–H and O–H groups in total. The molecular formula is C57H64N4O9S2. The first kappa shape index (κ1) is 51.1. The standard InChI is InChI=1S/C57H64N4O9S2/c1-37-25-46-40(15-16-43-29-41-11-7-9-13-49(41)60(43)55(46)63)31-51(37)69-35-38-26-39(28-44(27-38)59(19-20-67-23-24-68-22-21-65-4)54(62)17-18-57(2,3)72-71-6)36-70-53-33-48-47(32-52(53)66-5)56(64)61-45(34-58-48)30-42-12-8-10-14-50(42)61/h7-14,25-28,31-34,43,45H,15-24,29-30,35-36H2,1-6H3/t43?,45-/m0/s1. The zero-order valence-electron chi connectivity index (χ0n) is 42.1. The van der Waals surface area contributed by atoms with E-state index in [1.54, 1.807) is 52.8 Å². The van der Waals surface area contributed by atoms with E-state index >= 15 is 0 Å². The number of hydrogen-bond donors (Lipinski definition) is 0. The maximum atomic E-state index is 14.5. The number of ether oxygens (including phenoxy) is 6. The normalized spacial score (nSPS) is 16.5. The molecule has 4 heterocycles. The Morgan fingerprint density at radius 1 is 0.750 bits per heavy atom. The summed E-state index contributed by atoms with van der Waals surface area (Å²) in [6, 6.07) is 29.6. The van der Waals surface area contributed by atoms with Crippen molar-refractivity contribution in [3.8, 4) is 17.2 Å². The Balaban J connectivity index is 1.000. The zero-order chi connectivity index (χ0) is 50.4. The number of nitrogens with zero attached hydrogens (tertiary/aromatic N) is 4. The number of hydrogen-bond acceptors (Lipinski definition) is 12. The van der Waals surface area contributed by atoms with Gasteiger partial charge in [0.15, 0.2) is 11.5 Å². The summed E-state index contributed by atoms with van der Waals surface area (Å²) in [5, 5.41) is 0. The Bertz CT molecular complexity index is 2840. The summed E-state index contributed by atoms with van der Waals surface area (Å²) in [4.78, 5) is 53.2. The highest BCUT2D eigenvalue weighted by Crippen LogP contribution is 2.43. The van der Waals surface area contributed by atoms with Crippen molar-refractivity contribution in [1.29, 1.82) is 0 Å². The van der Waals surface area contributed by atoms with E-state index in [-0.39, 0.29) is 47.8 Å². The smallest absolute Gasteiger partial charge is 0.261 e. The molecule has 0 saturated carbocycles. The van der Waals surface area contributed by atoms with Crippen LogP contribution in [0.4, 0.5) is 22.7 Å². The molecule has 3 amide bonds. The van der Waals surface area contributed by atoms with Gasteiger partial charge in [-0.25, -0.2) is 0 Å². The van der Waals surface area contributed by atoms with Gasteiger partial charge in [-0.1, -0.05) is 58.0 Å². The highest BCUT2D eigenvalue weighted by atomic mass is 33.1. The molecule has 9 rings (SSSR count). The van der Waals surface area contributed by atoms with Crippen LogP contribution < -0.4 is 28.9 Å². The van der Waals surface area contributed by atoms with Gasteiger partial charge < -0.3 is 38.2 Å². The number of carbonyl (C=O) groups excluding carboxylic acids is 3. The van der Waals surface area contributed by atoms with Crippen LogP contribution >= 0.6 is 21.6 Å². The number of anilines is 3. The minimum atomic E-state index is -0.199. The van der Waals surface area contributed by atoms with Gasteiger partial charge >= 0.3 is 0 Å². The summed E-state index contributed by atoms with van der Waals surface area (Å²) in [6.07, 6.45) is 8.06. The quantitative estimate of drug-likeness (QED) is 0.0485. The topological polar surface area (TPSA) is 129 Å². The molecule has 15 heteroatoms. The molecular weight excluding hydrogens is 949 g/mol. The van der Waals surface area contributed by atoms with Crippen molar-refractivity contribution >= 4 is 68.3 Å². The van der Waals surface area contributed by atoms with Gasteiger partial charge in [0, 0.05) is 72.2 Å². The summed E-state index contributed by atoms with van der Waals surface area (Å²) < 4.78 is 35.8. The van der Waals surface area contributed by atoms with Crippen molar-refractivity contribution in [2.24, 2.45) is 4.99 Å². The van der Waals surface area contributed by atoms with Crippen molar-refractivity contribution in [3.05, 3.63) is 136 Å². The van der Waals surface area contributed by atoms with Crippen molar-refractivity contribution in [2.45, 2.75) is 89.3 Å². The molecule has 2 atom stereocenters. The molecule has 378 valence electrons. The van der Waals surface area contributed by atoms with E-state index in [4.69, 9.17) is 33.4 Å². The average molecular weight is 1010 g/mol. The summed E-state index contributed by atoms with van der Waals surface area (Å²) in [7, 11) is 6.65. The van der Waals surface area contributed by atoms with Crippen LogP contribution in [0.25, 0.3) is 0 Å². The lowest BCUT2D eigenvalue weighted by Crippen LogP contribution is -2.37. The summed E-state index contributed by atoms with van der Waals surface area (Å²) in [6.45, 7) is 8.95. The summed E-state index contributed by atoms with van der Waals surface area (Å²) in [5.41, 5.74) is 9.98. The van der Waals surface area contributed by atoms with E-state index in [1.165, 1.54) is 5.56 Å². The second-order valence-electron chi connectivity index (χ2n) is 19.2. The molecule has 5 aromatic carbocycles. The molecule has 13 nitrogen and oxygen atoms in total. The van der Waals surface area contributed by atoms with E-state index in [2.05, 4.69) is 32.2 Å². The van der Waals surface area contributed by atoms with Crippen LogP contribution in [0, 0.1) is 6.92 Å². The van der Waals surface area contributed by atoms with E-state index in [0.717, 1.165) is 58.5 Å². The molecule has 0 spiro atoms. The number of aliphatic imine (C=N–C) groups is 1. The molecule has 4 aliphatic rings. The highest BCUT2D eigenvalue weighted by molar-refractivity contribution is 8.76. The third kappa shape index (κ3) is 11.4. The van der Waals surface area contributed by atoms with Gasteiger partial charge in [0.2, 0.25) is 5.91 Å². The first-order valence-electron chi connectivity index (χ1n) is 24.7. The molecule has 0 aliphatic carbocycles. The van der Waals surface area contributed by atoms with Gasteiger partial charge in [-0.15, -0.1) is 0 Å². The lowest BCUT2D eigenvalue weighted by molar-refractivity contribution is -0.119. The Hall–Kier alpha value is -5.84. The SMILES string of the molecule is COCCOCCOCCN(C(=O)CCC(C)(C)SSC)c1cc(COc2cc3c(cc2C)C(=O)N2c4ccccc4CC2CC3)cc(COc2cc3c(cc2OC)C(=O)N2c4ccccc4C[C@H]2C=N3)c1. The Morgan fingerprint density at radius 3 is 2.14 bits per heavy atom. The fourth-order valence-corrected chi connectivity index (χ4v) is 12.4. The fraction of sp³-hybridized carbons (Fsp3) is 0.404. The number of aryl methyl sites for hydroxylation is 2. The van der Waals surface area contributed by atoms with E-state index in [1.807, 2.05) is 89.7 Å². The summed E-state index contributed by atoms with van der Waals surface area (Å²) in [5.74, 6) is 1.38. The number of rotatable bonds is 22. The number of benzene rings is 5. The fourth-order valence-electron chi connectivity index (χ4n) is 10.1. The van der Waals surface area contributed by atoms with Crippen LogP contribution in [0.15, 0.2) is 96.0 Å². The zero-order valence-corrected chi connectivity index (χ0v) is 43.7. The average Bonchev–Trinajstić information content (AvgIpc) is 3.87. The van der Waals surface area contributed by atoms with Crippen LogP contribution in [0.1, 0.15) is 87.2 Å². The summed E-state index contributed by atoms with van der Waals surface area (Å²) >= 11 is 0. The van der Waals surface area contributed by atoms with Crippen LogP contribution in [0.3, 0.4) is 0 Å². The van der Waals surface area contributed by atoms with Crippen molar-refractivity contribution in [3.63, 3.8) is 0 Å². The maximum absolute atomic E-state index is 14.5. The number of methoxy groups -OCH3 is 2. The highest BCUT2D eigenvalue weighted by Gasteiger charge is 2.38. The molecule has 0 aromatic heterocycles.